The largest absolute Gasteiger partial charge is 0.507 e. The highest BCUT2D eigenvalue weighted by atomic mass is 16.5. The van der Waals surface area contributed by atoms with Gasteiger partial charge in [-0.2, -0.15) is 0 Å². The van der Waals surface area contributed by atoms with Crippen LogP contribution in [-0.4, -0.2) is 78.2 Å². The number of phenols is 1. The molecule has 2 aliphatic rings. The molecule has 4 rings (SSSR count). The van der Waals surface area contributed by atoms with E-state index in [1.807, 2.05) is 19.1 Å². The number of rotatable bonds is 7. The maximum Gasteiger partial charge on any atom is 0.295 e. The summed E-state index contributed by atoms with van der Waals surface area (Å²) in [5, 5.41) is 21.2. The number of morpholine rings is 1. The molecule has 2 aromatic rings. The Morgan fingerprint density at radius 2 is 1.79 bits per heavy atom. The highest BCUT2D eigenvalue weighted by Crippen LogP contribution is 2.41. The van der Waals surface area contributed by atoms with Gasteiger partial charge in [0.15, 0.2) is 11.5 Å². The molecule has 2 heterocycles. The van der Waals surface area contributed by atoms with Crippen molar-refractivity contribution < 1.29 is 29.3 Å². The van der Waals surface area contributed by atoms with E-state index in [1.54, 1.807) is 24.3 Å². The first-order valence-electron chi connectivity index (χ1n) is 11.4. The Bertz CT molecular complexity index is 1090. The summed E-state index contributed by atoms with van der Waals surface area (Å²) < 4.78 is 10.6. The fourth-order valence-electron chi connectivity index (χ4n) is 4.48. The fraction of sp³-hybridized carbons (Fsp3) is 0.385. The number of phenolic OH excluding ortho intramolecular Hbond substituents is 1. The molecule has 2 saturated heterocycles. The normalized spacial score (nSPS) is 20.6. The Balaban J connectivity index is 1.70. The van der Waals surface area contributed by atoms with E-state index in [0.29, 0.717) is 37.3 Å². The Hall–Kier alpha value is -3.36. The third-order valence-corrected chi connectivity index (χ3v) is 6.36. The monoisotopic (exact) mass is 466 g/mol. The van der Waals surface area contributed by atoms with Crippen LogP contribution in [0.2, 0.25) is 0 Å². The van der Waals surface area contributed by atoms with Crippen molar-refractivity contribution in [1.29, 1.82) is 0 Å². The number of aromatic hydroxyl groups is 1. The standard InChI is InChI=1S/C26H30N2O6/c1-17-4-6-18(7-5-17)24(30)22-23(19-8-9-20(29)21(16-19)33-2)28(26(32)25(22)31)11-3-10-27-12-14-34-15-13-27/h4-9,16,23,29-30H,3,10-15H2,1-2H3. The summed E-state index contributed by atoms with van der Waals surface area (Å²) in [6.45, 7) is 6.11. The minimum absolute atomic E-state index is 0.0352. The van der Waals surface area contributed by atoms with Crippen LogP contribution in [0.3, 0.4) is 0 Å². The molecule has 2 N–H and O–H groups in total. The van der Waals surface area contributed by atoms with Crippen LogP contribution in [0.5, 0.6) is 11.5 Å². The van der Waals surface area contributed by atoms with Gasteiger partial charge in [-0.15, -0.1) is 0 Å². The van der Waals surface area contributed by atoms with Crippen molar-refractivity contribution in [3.05, 3.63) is 64.7 Å². The van der Waals surface area contributed by atoms with Gasteiger partial charge in [-0.25, -0.2) is 0 Å². The maximum atomic E-state index is 13.2. The summed E-state index contributed by atoms with van der Waals surface area (Å²) in [4.78, 5) is 30.0. The second-order valence-electron chi connectivity index (χ2n) is 8.60. The van der Waals surface area contributed by atoms with Crippen molar-refractivity contribution in [2.75, 3.05) is 46.5 Å². The number of ketones is 1. The van der Waals surface area contributed by atoms with Crippen LogP contribution in [-0.2, 0) is 14.3 Å². The molecule has 1 unspecified atom stereocenters. The molecule has 0 bridgehead atoms. The van der Waals surface area contributed by atoms with Crippen LogP contribution < -0.4 is 4.74 Å². The lowest BCUT2D eigenvalue weighted by atomic mass is 9.94. The first kappa shape index (κ1) is 23.8. The molecule has 0 spiro atoms. The fourth-order valence-corrected chi connectivity index (χ4v) is 4.48. The summed E-state index contributed by atoms with van der Waals surface area (Å²) in [5.74, 6) is -1.40. The van der Waals surface area contributed by atoms with Gasteiger partial charge in [0.1, 0.15) is 5.76 Å². The van der Waals surface area contributed by atoms with Crippen molar-refractivity contribution in [1.82, 2.24) is 9.80 Å². The highest BCUT2D eigenvalue weighted by molar-refractivity contribution is 6.46. The second kappa shape index (κ2) is 10.3. The minimum Gasteiger partial charge on any atom is -0.507 e. The topological polar surface area (TPSA) is 99.5 Å². The summed E-state index contributed by atoms with van der Waals surface area (Å²) >= 11 is 0. The molecule has 8 nitrogen and oxygen atoms in total. The third-order valence-electron chi connectivity index (χ3n) is 6.36. The van der Waals surface area contributed by atoms with Gasteiger partial charge in [-0.3, -0.25) is 14.5 Å². The van der Waals surface area contributed by atoms with Crippen LogP contribution in [0.25, 0.3) is 5.76 Å². The average Bonchev–Trinajstić information content (AvgIpc) is 3.10. The quantitative estimate of drug-likeness (QED) is 0.368. The summed E-state index contributed by atoms with van der Waals surface area (Å²) in [6, 6.07) is 11.1. The Labute approximate surface area is 199 Å². The van der Waals surface area contributed by atoms with E-state index in [4.69, 9.17) is 9.47 Å². The number of carbonyl (C=O) groups is 2. The molecular formula is C26H30N2O6. The predicted molar refractivity (Wildman–Crippen MR) is 127 cm³/mol. The molecule has 2 aliphatic heterocycles. The number of hydrogen-bond acceptors (Lipinski definition) is 7. The number of benzene rings is 2. The zero-order chi connectivity index (χ0) is 24.2. The lowest BCUT2D eigenvalue weighted by Crippen LogP contribution is -2.38. The van der Waals surface area contributed by atoms with E-state index >= 15 is 0 Å². The second-order valence-corrected chi connectivity index (χ2v) is 8.60. The van der Waals surface area contributed by atoms with Gasteiger partial charge in [-0.05, 0) is 31.0 Å². The van der Waals surface area contributed by atoms with Crippen LogP contribution in [0.4, 0.5) is 0 Å². The minimum atomic E-state index is -0.791. The number of aliphatic hydroxyl groups is 1. The molecule has 34 heavy (non-hydrogen) atoms. The molecule has 180 valence electrons. The highest BCUT2D eigenvalue weighted by Gasteiger charge is 2.46. The van der Waals surface area contributed by atoms with Gasteiger partial charge in [0.05, 0.1) is 31.9 Å². The first-order valence-corrected chi connectivity index (χ1v) is 11.4. The lowest BCUT2D eigenvalue weighted by Gasteiger charge is -2.29. The number of aliphatic hydroxyl groups excluding tert-OH is 1. The number of hydrogen-bond donors (Lipinski definition) is 2. The summed E-state index contributed by atoms with van der Waals surface area (Å²) in [6.07, 6.45) is 0.670. The zero-order valence-electron chi connectivity index (χ0n) is 19.5. The van der Waals surface area contributed by atoms with Crippen LogP contribution in [0, 0.1) is 6.92 Å². The van der Waals surface area contributed by atoms with Gasteiger partial charge >= 0.3 is 0 Å². The van der Waals surface area contributed by atoms with Crippen molar-refractivity contribution in [3.8, 4) is 11.5 Å². The maximum absolute atomic E-state index is 13.2. The Morgan fingerprint density at radius 3 is 2.47 bits per heavy atom. The number of likely N-dealkylation sites (tertiary alicyclic amines) is 1. The molecule has 0 radical (unpaired) electrons. The molecular weight excluding hydrogens is 436 g/mol. The van der Waals surface area contributed by atoms with Crippen LogP contribution >= 0.6 is 0 Å². The van der Waals surface area contributed by atoms with E-state index < -0.39 is 17.7 Å². The van der Waals surface area contributed by atoms with Gasteiger partial charge < -0.3 is 24.6 Å². The van der Waals surface area contributed by atoms with E-state index in [-0.39, 0.29) is 22.8 Å². The number of methoxy groups -OCH3 is 1. The predicted octanol–water partition coefficient (Wildman–Crippen LogP) is 2.85. The molecule has 0 saturated carbocycles. The number of amides is 1. The molecule has 1 atom stereocenters. The number of carbonyl (C=O) groups excluding carboxylic acids is 2. The number of Topliss-reactive ketones (excluding diaryl/α,β-unsaturated/α-hetero) is 1. The van der Waals surface area contributed by atoms with Crippen molar-refractivity contribution in [2.24, 2.45) is 0 Å². The van der Waals surface area contributed by atoms with Gasteiger partial charge in [0, 0.05) is 31.7 Å². The number of ether oxygens (including phenoxy) is 2. The van der Waals surface area contributed by atoms with Crippen molar-refractivity contribution in [3.63, 3.8) is 0 Å². The molecule has 2 fully saturated rings. The summed E-state index contributed by atoms with van der Waals surface area (Å²) in [5.41, 5.74) is 2.09. The SMILES string of the molecule is COc1cc(C2C(=C(O)c3ccc(C)cc3)C(=O)C(=O)N2CCCN2CCOCC2)ccc1O. The zero-order valence-corrected chi connectivity index (χ0v) is 19.5. The summed E-state index contributed by atoms with van der Waals surface area (Å²) in [7, 11) is 1.43. The van der Waals surface area contributed by atoms with Crippen molar-refractivity contribution >= 4 is 17.4 Å². The number of aryl methyl sites for hydroxylation is 1. The van der Waals surface area contributed by atoms with Crippen LogP contribution in [0.1, 0.15) is 29.2 Å². The first-order chi connectivity index (χ1) is 16.4. The molecule has 8 heteroatoms. The smallest absolute Gasteiger partial charge is 0.295 e. The Kier molecular flexibility index (Phi) is 7.19. The molecule has 1 amide bonds. The van der Waals surface area contributed by atoms with Crippen LogP contribution in [0.15, 0.2) is 48.0 Å². The number of nitrogens with zero attached hydrogens (tertiary/aromatic N) is 2. The lowest BCUT2D eigenvalue weighted by molar-refractivity contribution is -0.140. The Morgan fingerprint density at radius 1 is 1.09 bits per heavy atom. The molecule has 0 aliphatic carbocycles. The van der Waals surface area contributed by atoms with E-state index in [1.165, 1.54) is 18.1 Å². The van der Waals surface area contributed by atoms with Gasteiger partial charge in [0.2, 0.25) is 0 Å². The molecule has 2 aromatic carbocycles. The van der Waals surface area contributed by atoms with E-state index in [0.717, 1.165) is 25.2 Å². The van der Waals surface area contributed by atoms with Gasteiger partial charge in [0.25, 0.3) is 11.7 Å². The van der Waals surface area contributed by atoms with Crippen molar-refractivity contribution in [2.45, 2.75) is 19.4 Å². The van der Waals surface area contributed by atoms with E-state index in [2.05, 4.69) is 4.90 Å². The van der Waals surface area contributed by atoms with E-state index in [9.17, 15) is 19.8 Å². The van der Waals surface area contributed by atoms with Gasteiger partial charge in [-0.1, -0.05) is 35.9 Å². The molecule has 0 aromatic heterocycles. The third kappa shape index (κ3) is 4.78. The average molecular weight is 467 g/mol.